The number of aromatic nitrogens is 5. The summed E-state index contributed by atoms with van der Waals surface area (Å²) in [6, 6.07) is 4.63. The maximum atomic E-state index is 13.9. The fraction of sp³-hybridized carbons (Fsp3) is 0.412. The van der Waals surface area contributed by atoms with Crippen LogP contribution in [0.15, 0.2) is 24.4 Å². The molecule has 2 aliphatic rings. The molecule has 0 bridgehead atoms. The molecule has 2 atom stereocenters. The van der Waals surface area contributed by atoms with Crippen LogP contribution in [0.25, 0.3) is 5.52 Å². The lowest BCUT2D eigenvalue weighted by Crippen LogP contribution is -2.37. The molecule has 0 unspecified atom stereocenters. The number of fused-ring (bicyclic) bond motifs is 1. The topological polar surface area (TPSA) is 111 Å². The summed E-state index contributed by atoms with van der Waals surface area (Å²) in [5.74, 6) is 0.758. The molecule has 0 spiro atoms. The number of alkyl halides is 1. The van der Waals surface area contributed by atoms with Gasteiger partial charge in [-0.05, 0) is 25.0 Å². The van der Waals surface area contributed by atoms with Gasteiger partial charge in [0.1, 0.15) is 17.7 Å². The molecule has 2 fully saturated rings. The number of nitrogens with one attached hydrogen (secondary N) is 2. The number of halogens is 1. The number of carbonyl (C=O) groups is 1. The third-order valence-electron chi connectivity index (χ3n) is 5.03. The van der Waals surface area contributed by atoms with E-state index in [9.17, 15) is 14.3 Å². The van der Waals surface area contributed by atoms with Gasteiger partial charge in [0.15, 0.2) is 11.6 Å². The van der Waals surface area contributed by atoms with Crippen LogP contribution in [0.5, 0.6) is 0 Å². The summed E-state index contributed by atoms with van der Waals surface area (Å²) in [7, 11) is 0. The Kier molecular flexibility index (Phi) is 3.52. The smallest absolute Gasteiger partial charge is 0.326 e. The molecule has 0 radical (unpaired) electrons. The zero-order chi connectivity index (χ0) is 18.5. The zero-order valence-electron chi connectivity index (χ0n) is 14.3. The molecule has 4 heterocycles. The van der Waals surface area contributed by atoms with E-state index in [1.165, 1.54) is 4.90 Å². The van der Waals surface area contributed by atoms with Crippen molar-refractivity contribution in [1.29, 1.82) is 0 Å². The molecule has 1 aliphatic carbocycles. The molecule has 0 amide bonds. The SMILES string of the molecule is O=C(O)[C@@H]1C[C@@H](F)CN1c1nc(Nc2cc(C3CC3)[nH]n2)c2cccn2n1. The largest absolute Gasteiger partial charge is 0.480 e. The Hall–Kier alpha value is -3.17. The normalized spacial score (nSPS) is 22.5. The molecule has 0 aromatic carbocycles. The van der Waals surface area contributed by atoms with Crippen LogP contribution in [0, 0.1) is 0 Å². The van der Waals surface area contributed by atoms with E-state index in [1.807, 2.05) is 18.2 Å². The second-order valence-corrected chi connectivity index (χ2v) is 7.05. The highest BCUT2D eigenvalue weighted by molar-refractivity contribution is 5.79. The number of nitrogens with zero attached hydrogens (tertiary/aromatic N) is 5. The molecule has 1 saturated heterocycles. The number of carboxylic acid groups (broad SMARTS) is 1. The number of hydrogen-bond donors (Lipinski definition) is 3. The minimum atomic E-state index is -1.22. The average molecular weight is 371 g/mol. The van der Waals surface area contributed by atoms with Crippen molar-refractivity contribution in [2.45, 2.75) is 37.4 Å². The van der Waals surface area contributed by atoms with Gasteiger partial charge in [0.2, 0.25) is 5.95 Å². The second kappa shape index (κ2) is 5.93. The molecule has 140 valence electrons. The number of aliphatic carboxylic acids is 1. The van der Waals surface area contributed by atoms with Crippen LogP contribution in [-0.4, -0.2) is 54.6 Å². The van der Waals surface area contributed by atoms with Crippen LogP contribution < -0.4 is 10.2 Å². The van der Waals surface area contributed by atoms with Crippen LogP contribution in [0.4, 0.5) is 22.0 Å². The molecule has 10 heteroatoms. The number of hydrogen-bond acceptors (Lipinski definition) is 6. The lowest BCUT2D eigenvalue weighted by atomic mass is 10.2. The van der Waals surface area contributed by atoms with Crippen LogP contribution in [0.1, 0.15) is 30.9 Å². The molecule has 3 N–H and O–H groups in total. The third kappa shape index (κ3) is 2.86. The molecular weight excluding hydrogens is 353 g/mol. The zero-order valence-corrected chi connectivity index (χ0v) is 14.3. The number of carboxylic acids is 1. The monoisotopic (exact) mass is 371 g/mol. The molecular formula is C17H18FN7O2. The van der Waals surface area contributed by atoms with Crippen molar-refractivity contribution >= 4 is 29.1 Å². The maximum Gasteiger partial charge on any atom is 0.326 e. The van der Waals surface area contributed by atoms with Gasteiger partial charge < -0.3 is 15.3 Å². The first-order chi connectivity index (χ1) is 13.1. The number of rotatable bonds is 5. The lowest BCUT2D eigenvalue weighted by Gasteiger charge is -2.21. The summed E-state index contributed by atoms with van der Waals surface area (Å²) in [5, 5.41) is 24.2. The van der Waals surface area contributed by atoms with Gasteiger partial charge >= 0.3 is 5.97 Å². The second-order valence-electron chi connectivity index (χ2n) is 7.05. The molecule has 9 nitrogen and oxygen atoms in total. The standard InChI is InChI=1S/C17H18FN7O2/c18-10-6-13(16(26)27)24(8-10)17-20-15(12-2-1-5-25(12)23-17)19-14-7-11(21-22-14)9-3-4-9/h1-2,5,7,9-10,13H,3-4,6,8H2,(H,26,27)(H2,19,20,21,22,23)/t10-,13+/m1/s1. The summed E-state index contributed by atoms with van der Waals surface area (Å²) in [6.07, 6.45) is 2.77. The average Bonchev–Trinajstić information content (AvgIpc) is 3.05. The molecule has 27 heavy (non-hydrogen) atoms. The van der Waals surface area contributed by atoms with Crippen LogP contribution in [0.2, 0.25) is 0 Å². The quantitative estimate of drug-likeness (QED) is 0.629. The van der Waals surface area contributed by atoms with E-state index in [0.29, 0.717) is 17.6 Å². The Morgan fingerprint density at radius 1 is 1.41 bits per heavy atom. The van der Waals surface area contributed by atoms with Crippen molar-refractivity contribution in [3.05, 3.63) is 30.1 Å². The fourth-order valence-corrected chi connectivity index (χ4v) is 3.50. The van der Waals surface area contributed by atoms with E-state index >= 15 is 0 Å². The van der Waals surface area contributed by atoms with Crippen molar-refractivity contribution in [2.24, 2.45) is 0 Å². The van der Waals surface area contributed by atoms with Crippen molar-refractivity contribution < 1.29 is 14.3 Å². The van der Waals surface area contributed by atoms with E-state index in [4.69, 9.17) is 0 Å². The minimum absolute atomic E-state index is 0.0442. The van der Waals surface area contributed by atoms with E-state index in [1.54, 1.807) is 10.7 Å². The van der Waals surface area contributed by atoms with Crippen molar-refractivity contribution in [2.75, 3.05) is 16.8 Å². The number of anilines is 3. The first-order valence-corrected chi connectivity index (χ1v) is 8.90. The van der Waals surface area contributed by atoms with Crippen molar-refractivity contribution in [1.82, 2.24) is 24.8 Å². The van der Waals surface area contributed by atoms with Crippen LogP contribution >= 0.6 is 0 Å². The van der Waals surface area contributed by atoms with Gasteiger partial charge in [-0.15, -0.1) is 5.10 Å². The highest BCUT2D eigenvalue weighted by atomic mass is 19.1. The summed E-state index contributed by atoms with van der Waals surface area (Å²) >= 11 is 0. The molecule has 1 saturated carbocycles. The minimum Gasteiger partial charge on any atom is -0.480 e. The maximum absolute atomic E-state index is 13.9. The summed E-state index contributed by atoms with van der Waals surface area (Å²) in [6.45, 7) is -0.0442. The summed E-state index contributed by atoms with van der Waals surface area (Å²) in [5.41, 5.74) is 1.81. The van der Waals surface area contributed by atoms with E-state index in [-0.39, 0.29) is 18.9 Å². The Bertz CT molecular complexity index is 1010. The first-order valence-electron chi connectivity index (χ1n) is 8.90. The van der Waals surface area contributed by atoms with Gasteiger partial charge in [-0.3, -0.25) is 5.10 Å². The highest BCUT2D eigenvalue weighted by Gasteiger charge is 2.39. The Morgan fingerprint density at radius 2 is 2.26 bits per heavy atom. The van der Waals surface area contributed by atoms with E-state index < -0.39 is 18.2 Å². The van der Waals surface area contributed by atoms with Gasteiger partial charge in [-0.25, -0.2) is 13.7 Å². The van der Waals surface area contributed by atoms with Gasteiger partial charge in [0.05, 0.1) is 6.54 Å². The molecule has 3 aromatic rings. The van der Waals surface area contributed by atoms with Crippen molar-refractivity contribution in [3.8, 4) is 0 Å². The van der Waals surface area contributed by atoms with Crippen molar-refractivity contribution in [3.63, 3.8) is 0 Å². The fourth-order valence-electron chi connectivity index (χ4n) is 3.50. The summed E-state index contributed by atoms with van der Waals surface area (Å²) in [4.78, 5) is 17.4. The lowest BCUT2D eigenvalue weighted by molar-refractivity contribution is -0.138. The molecule has 5 rings (SSSR count). The Morgan fingerprint density at radius 3 is 3.04 bits per heavy atom. The van der Waals surface area contributed by atoms with Gasteiger partial charge in [-0.1, -0.05) is 0 Å². The van der Waals surface area contributed by atoms with Gasteiger partial charge in [0.25, 0.3) is 0 Å². The number of H-pyrrole nitrogens is 1. The molecule has 3 aromatic heterocycles. The number of aromatic amines is 1. The predicted octanol–water partition coefficient (Wildman–Crippen LogP) is 2.07. The predicted molar refractivity (Wildman–Crippen MR) is 95.1 cm³/mol. The van der Waals surface area contributed by atoms with Gasteiger partial charge in [-0.2, -0.15) is 10.1 Å². The van der Waals surface area contributed by atoms with E-state index in [0.717, 1.165) is 24.1 Å². The molecule has 1 aliphatic heterocycles. The van der Waals surface area contributed by atoms with Gasteiger partial charge in [0, 0.05) is 30.3 Å². The highest BCUT2D eigenvalue weighted by Crippen LogP contribution is 2.39. The Balaban J connectivity index is 1.51. The first kappa shape index (κ1) is 16.0. The van der Waals surface area contributed by atoms with Crippen LogP contribution in [0.3, 0.4) is 0 Å². The summed E-state index contributed by atoms with van der Waals surface area (Å²) < 4.78 is 15.5. The van der Waals surface area contributed by atoms with Crippen LogP contribution in [-0.2, 0) is 4.79 Å². The third-order valence-corrected chi connectivity index (χ3v) is 5.03. The Labute approximate surface area is 153 Å². The van der Waals surface area contributed by atoms with E-state index in [2.05, 4.69) is 25.6 Å².